The summed E-state index contributed by atoms with van der Waals surface area (Å²) in [5.41, 5.74) is 0. The summed E-state index contributed by atoms with van der Waals surface area (Å²) in [4.78, 5) is 0. The quantitative estimate of drug-likeness (QED) is 0.464. The van der Waals surface area contributed by atoms with Crippen molar-refractivity contribution in [2.75, 3.05) is 20.3 Å². The van der Waals surface area contributed by atoms with E-state index in [0.717, 1.165) is 13.2 Å². The van der Waals surface area contributed by atoms with Gasteiger partial charge in [-0.25, -0.2) is 0 Å². The highest BCUT2D eigenvalue weighted by atomic mass is 28.4. The molecule has 3 atom stereocenters. The van der Waals surface area contributed by atoms with Crippen molar-refractivity contribution in [3.63, 3.8) is 0 Å². The summed E-state index contributed by atoms with van der Waals surface area (Å²) in [7, 11) is -0.00694. The summed E-state index contributed by atoms with van der Waals surface area (Å²) in [6.07, 6.45) is 4.70. The third-order valence-corrected chi connectivity index (χ3v) is 10.0. The highest BCUT2D eigenvalue weighted by Gasteiger charge is 2.40. The molecule has 24 heavy (non-hydrogen) atoms. The molecule has 142 valence electrons. The van der Waals surface area contributed by atoms with Crippen LogP contribution in [0.4, 0.5) is 0 Å². The average Bonchev–Trinajstić information content (AvgIpc) is 2.88. The van der Waals surface area contributed by atoms with E-state index >= 15 is 0 Å². The van der Waals surface area contributed by atoms with E-state index in [2.05, 4.69) is 65.9 Å². The van der Waals surface area contributed by atoms with Gasteiger partial charge < -0.3 is 9.16 Å². The van der Waals surface area contributed by atoms with Crippen molar-refractivity contribution in [3.05, 3.63) is 0 Å². The van der Waals surface area contributed by atoms with Crippen molar-refractivity contribution >= 4 is 14.5 Å². The summed E-state index contributed by atoms with van der Waals surface area (Å²) in [5, 5.41) is 7.21. The molecule has 0 amide bonds. The zero-order valence-electron chi connectivity index (χ0n) is 17.4. The van der Waals surface area contributed by atoms with Crippen LogP contribution in [0, 0.1) is 11.8 Å². The van der Waals surface area contributed by atoms with Crippen LogP contribution in [0.3, 0.4) is 0 Å². The standard InChI is InChI=1S/C19H40N2O2Si/c1-15(2)18(23-24(8,9)19(4,5)6)16(3)13-20-21-12-10-11-17(21)14-22-7/h13,15-18H,10-12,14H2,1-9H3/b20-13+/t16-,17-,18-/m0/s1. The molecular formula is C19H40N2O2Si. The van der Waals surface area contributed by atoms with Crippen LogP contribution in [0.25, 0.3) is 0 Å². The number of nitrogens with zero attached hydrogens (tertiary/aromatic N) is 2. The lowest BCUT2D eigenvalue weighted by atomic mass is 9.96. The Morgan fingerprint density at radius 3 is 2.38 bits per heavy atom. The molecule has 4 nitrogen and oxygen atoms in total. The van der Waals surface area contributed by atoms with Gasteiger partial charge >= 0.3 is 0 Å². The molecule has 0 bridgehead atoms. The van der Waals surface area contributed by atoms with E-state index in [-0.39, 0.29) is 11.1 Å². The number of hydrogen-bond acceptors (Lipinski definition) is 4. The van der Waals surface area contributed by atoms with Crippen molar-refractivity contribution in [2.45, 2.75) is 84.7 Å². The fourth-order valence-corrected chi connectivity index (χ4v) is 4.50. The van der Waals surface area contributed by atoms with Crippen LogP contribution in [0.1, 0.15) is 54.4 Å². The van der Waals surface area contributed by atoms with Crippen molar-refractivity contribution in [1.29, 1.82) is 0 Å². The normalized spacial score (nSPS) is 22.6. The Kier molecular flexibility index (Phi) is 7.95. The predicted octanol–water partition coefficient (Wildman–Crippen LogP) is 4.77. The van der Waals surface area contributed by atoms with Crippen LogP contribution in [0.5, 0.6) is 0 Å². The molecule has 0 unspecified atom stereocenters. The van der Waals surface area contributed by atoms with Crippen molar-refractivity contribution in [3.8, 4) is 0 Å². The molecule has 1 saturated heterocycles. The second-order valence-electron chi connectivity index (χ2n) is 9.12. The third kappa shape index (κ3) is 5.85. The van der Waals surface area contributed by atoms with Gasteiger partial charge in [0.15, 0.2) is 8.32 Å². The highest BCUT2D eigenvalue weighted by molar-refractivity contribution is 6.74. The van der Waals surface area contributed by atoms with Crippen LogP contribution in [0.2, 0.25) is 18.1 Å². The van der Waals surface area contributed by atoms with E-state index < -0.39 is 8.32 Å². The van der Waals surface area contributed by atoms with Gasteiger partial charge in [0.1, 0.15) is 0 Å². The molecule has 1 aliphatic heterocycles. The lowest BCUT2D eigenvalue weighted by Crippen LogP contribution is -2.47. The van der Waals surface area contributed by atoms with Gasteiger partial charge in [0.05, 0.1) is 18.8 Å². The van der Waals surface area contributed by atoms with E-state index in [4.69, 9.17) is 14.3 Å². The maximum Gasteiger partial charge on any atom is 0.192 e. The number of rotatable bonds is 8. The summed E-state index contributed by atoms with van der Waals surface area (Å²) in [6, 6.07) is 0.428. The zero-order valence-corrected chi connectivity index (χ0v) is 18.4. The molecule has 5 heteroatoms. The van der Waals surface area contributed by atoms with Gasteiger partial charge in [-0.05, 0) is 36.9 Å². The Bertz CT molecular complexity index is 405. The molecule has 1 heterocycles. The average molecular weight is 357 g/mol. The monoisotopic (exact) mass is 356 g/mol. The van der Waals surface area contributed by atoms with Gasteiger partial charge in [-0.2, -0.15) is 5.10 Å². The number of hydrazone groups is 1. The Labute approximate surface area is 151 Å². The minimum absolute atomic E-state index is 0.220. The Hall–Kier alpha value is -0.393. The molecule has 0 radical (unpaired) electrons. The molecule has 0 saturated carbocycles. The van der Waals surface area contributed by atoms with Gasteiger partial charge in [0, 0.05) is 25.8 Å². The van der Waals surface area contributed by atoms with Crippen molar-refractivity contribution < 1.29 is 9.16 Å². The predicted molar refractivity (Wildman–Crippen MR) is 106 cm³/mol. The number of methoxy groups -OCH3 is 1. The largest absolute Gasteiger partial charge is 0.413 e. The molecular weight excluding hydrogens is 316 g/mol. The van der Waals surface area contributed by atoms with E-state index in [9.17, 15) is 0 Å². The molecule has 0 spiro atoms. The molecule has 1 aliphatic rings. The van der Waals surface area contributed by atoms with E-state index in [1.54, 1.807) is 7.11 Å². The number of hydrogen-bond donors (Lipinski definition) is 0. The van der Waals surface area contributed by atoms with Crippen LogP contribution in [-0.2, 0) is 9.16 Å². The van der Waals surface area contributed by atoms with Gasteiger partial charge in [-0.15, -0.1) is 0 Å². The van der Waals surface area contributed by atoms with Crippen LogP contribution in [0.15, 0.2) is 5.10 Å². The first kappa shape index (κ1) is 21.6. The molecule has 0 aromatic rings. The first-order valence-corrected chi connectivity index (χ1v) is 12.4. The molecule has 1 rings (SSSR count). The van der Waals surface area contributed by atoms with Gasteiger partial charge in [0.25, 0.3) is 0 Å². The maximum absolute atomic E-state index is 6.72. The van der Waals surface area contributed by atoms with Crippen LogP contribution < -0.4 is 0 Å². The lowest BCUT2D eigenvalue weighted by Gasteiger charge is -2.41. The first-order valence-electron chi connectivity index (χ1n) is 9.47. The van der Waals surface area contributed by atoms with Crippen LogP contribution >= 0.6 is 0 Å². The molecule has 0 aliphatic carbocycles. The topological polar surface area (TPSA) is 34.1 Å². The Morgan fingerprint density at radius 1 is 1.25 bits per heavy atom. The second-order valence-corrected chi connectivity index (χ2v) is 13.9. The molecule has 1 fully saturated rings. The minimum Gasteiger partial charge on any atom is -0.413 e. The minimum atomic E-state index is -1.78. The summed E-state index contributed by atoms with van der Waals surface area (Å²) >= 11 is 0. The SMILES string of the molecule is COC[C@@H]1CCCN1/N=C/[C@H](C)[C@@H](O[Si](C)(C)C(C)(C)C)C(C)C. The molecule has 0 N–H and O–H groups in total. The van der Waals surface area contributed by atoms with E-state index in [1.807, 2.05) is 0 Å². The summed E-state index contributed by atoms with van der Waals surface area (Å²) in [5.74, 6) is 0.789. The lowest BCUT2D eigenvalue weighted by molar-refractivity contribution is 0.104. The van der Waals surface area contributed by atoms with Crippen molar-refractivity contribution in [2.24, 2.45) is 16.9 Å². The van der Waals surface area contributed by atoms with Gasteiger partial charge in [0.2, 0.25) is 0 Å². The Balaban J connectivity index is 2.76. The second kappa shape index (κ2) is 8.81. The first-order chi connectivity index (χ1) is 11.0. The highest BCUT2D eigenvalue weighted by Crippen LogP contribution is 2.39. The molecule has 0 aromatic heterocycles. The van der Waals surface area contributed by atoms with Crippen LogP contribution in [-0.4, -0.2) is 51.9 Å². The number of ether oxygens (including phenoxy) is 1. The fraction of sp³-hybridized carbons (Fsp3) is 0.947. The third-order valence-electron chi connectivity index (χ3n) is 5.57. The van der Waals surface area contributed by atoms with Gasteiger partial charge in [-0.3, -0.25) is 5.01 Å². The zero-order chi connectivity index (χ0) is 18.5. The summed E-state index contributed by atoms with van der Waals surface area (Å²) in [6.45, 7) is 20.1. The molecule has 0 aromatic carbocycles. The van der Waals surface area contributed by atoms with E-state index in [1.165, 1.54) is 12.8 Å². The smallest absolute Gasteiger partial charge is 0.192 e. The summed E-state index contributed by atoms with van der Waals surface area (Å²) < 4.78 is 12.0. The van der Waals surface area contributed by atoms with Gasteiger partial charge in [-0.1, -0.05) is 41.5 Å². The maximum atomic E-state index is 6.72. The Morgan fingerprint density at radius 2 is 1.88 bits per heavy atom. The fourth-order valence-electron chi connectivity index (χ4n) is 2.98. The van der Waals surface area contributed by atoms with Crippen molar-refractivity contribution in [1.82, 2.24) is 5.01 Å². The van der Waals surface area contributed by atoms with E-state index in [0.29, 0.717) is 17.9 Å².